The van der Waals surface area contributed by atoms with Crippen molar-refractivity contribution in [3.8, 4) is 0 Å². The Labute approximate surface area is 92.7 Å². The molecule has 1 aliphatic rings. The minimum Gasteiger partial charge on any atom is -0.373 e. The molecule has 4 heteroatoms. The van der Waals surface area contributed by atoms with E-state index in [0.717, 1.165) is 26.2 Å². The van der Waals surface area contributed by atoms with Crippen LogP contribution < -0.4 is 5.73 Å². The number of morpholine rings is 1. The predicted molar refractivity (Wildman–Crippen MR) is 60.9 cm³/mol. The third-order valence-electron chi connectivity index (χ3n) is 2.82. The second-order valence-corrected chi connectivity index (χ2v) is 4.66. The lowest BCUT2D eigenvalue weighted by atomic mass is 10.1. The van der Waals surface area contributed by atoms with Gasteiger partial charge in [-0.1, -0.05) is 6.92 Å². The molecule has 1 atom stereocenters. The molecular formula is C11H24N2O2. The average molecular weight is 216 g/mol. The lowest BCUT2D eigenvalue weighted by Crippen LogP contribution is -2.46. The lowest BCUT2D eigenvalue weighted by molar-refractivity contribution is -0.105. The molecule has 0 aromatic rings. The number of hydrogen-bond acceptors (Lipinski definition) is 4. The first-order valence-corrected chi connectivity index (χ1v) is 5.75. The van der Waals surface area contributed by atoms with Gasteiger partial charge in [0.2, 0.25) is 0 Å². The molecule has 0 radical (unpaired) electrons. The van der Waals surface area contributed by atoms with E-state index in [4.69, 9.17) is 15.2 Å². The molecule has 1 fully saturated rings. The van der Waals surface area contributed by atoms with Gasteiger partial charge in [0.25, 0.3) is 0 Å². The van der Waals surface area contributed by atoms with Crippen molar-refractivity contribution in [1.29, 1.82) is 0 Å². The van der Waals surface area contributed by atoms with Gasteiger partial charge in [0, 0.05) is 19.6 Å². The van der Waals surface area contributed by atoms with Crippen LogP contribution in [-0.4, -0.2) is 56.0 Å². The topological polar surface area (TPSA) is 47.7 Å². The van der Waals surface area contributed by atoms with Crippen molar-refractivity contribution in [2.75, 3.05) is 39.4 Å². The molecule has 1 saturated heterocycles. The summed E-state index contributed by atoms with van der Waals surface area (Å²) in [6.45, 7) is 11.3. The van der Waals surface area contributed by atoms with Crippen LogP contribution in [-0.2, 0) is 9.47 Å². The Balaban J connectivity index is 2.26. The van der Waals surface area contributed by atoms with Crippen molar-refractivity contribution in [3.05, 3.63) is 0 Å². The zero-order valence-electron chi connectivity index (χ0n) is 10.2. The molecule has 1 heterocycles. The second kappa shape index (κ2) is 5.80. The highest BCUT2D eigenvalue weighted by Crippen LogP contribution is 2.11. The minimum atomic E-state index is -0.238. The third-order valence-corrected chi connectivity index (χ3v) is 2.82. The van der Waals surface area contributed by atoms with Gasteiger partial charge in [-0.2, -0.15) is 0 Å². The molecule has 1 rings (SSSR count). The normalized spacial score (nSPS) is 24.4. The van der Waals surface area contributed by atoms with Gasteiger partial charge < -0.3 is 15.2 Å². The Bertz CT molecular complexity index is 185. The van der Waals surface area contributed by atoms with E-state index in [0.29, 0.717) is 13.2 Å². The second-order valence-electron chi connectivity index (χ2n) is 4.66. The van der Waals surface area contributed by atoms with Crippen molar-refractivity contribution in [2.45, 2.75) is 32.5 Å². The van der Waals surface area contributed by atoms with Crippen LogP contribution in [0.25, 0.3) is 0 Å². The fourth-order valence-electron chi connectivity index (χ4n) is 1.55. The highest BCUT2D eigenvalue weighted by molar-refractivity contribution is 4.74. The van der Waals surface area contributed by atoms with Crippen LogP contribution in [0.15, 0.2) is 0 Å². The smallest absolute Gasteiger partial charge is 0.0935 e. The van der Waals surface area contributed by atoms with Gasteiger partial charge in [-0.05, 0) is 20.4 Å². The average Bonchev–Trinajstić information content (AvgIpc) is 2.27. The third kappa shape index (κ3) is 4.47. The van der Waals surface area contributed by atoms with E-state index in [2.05, 4.69) is 11.8 Å². The first-order chi connectivity index (χ1) is 7.07. The molecule has 0 amide bonds. The van der Waals surface area contributed by atoms with Crippen LogP contribution >= 0.6 is 0 Å². The first-order valence-electron chi connectivity index (χ1n) is 5.75. The van der Waals surface area contributed by atoms with Crippen LogP contribution in [0.4, 0.5) is 0 Å². The van der Waals surface area contributed by atoms with E-state index in [1.165, 1.54) is 0 Å². The summed E-state index contributed by atoms with van der Waals surface area (Å²) in [4.78, 5) is 2.38. The van der Waals surface area contributed by atoms with Crippen LogP contribution in [0.2, 0.25) is 0 Å². The molecule has 0 spiro atoms. The van der Waals surface area contributed by atoms with Crippen LogP contribution in [0.3, 0.4) is 0 Å². The summed E-state index contributed by atoms with van der Waals surface area (Å²) < 4.78 is 11.4. The number of nitrogens with zero attached hydrogens (tertiary/aromatic N) is 1. The summed E-state index contributed by atoms with van der Waals surface area (Å²) in [7, 11) is 0. The van der Waals surface area contributed by atoms with E-state index in [-0.39, 0.29) is 11.7 Å². The zero-order valence-corrected chi connectivity index (χ0v) is 10.2. The molecule has 1 aliphatic heterocycles. The summed E-state index contributed by atoms with van der Waals surface area (Å²) in [5.74, 6) is 0. The Hall–Kier alpha value is -0.160. The Morgan fingerprint density at radius 3 is 2.87 bits per heavy atom. The van der Waals surface area contributed by atoms with E-state index >= 15 is 0 Å². The standard InChI is InChI=1S/C11H24N2O2/c1-4-13-5-6-14-10(7-13)8-15-11(2,3)9-12/h10H,4-9,12H2,1-3H3. The molecule has 1 unspecified atom stereocenters. The van der Waals surface area contributed by atoms with E-state index in [1.807, 2.05) is 13.8 Å². The van der Waals surface area contributed by atoms with Crippen molar-refractivity contribution >= 4 is 0 Å². The summed E-state index contributed by atoms with van der Waals surface area (Å²) in [6.07, 6.45) is 0.199. The van der Waals surface area contributed by atoms with E-state index in [1.54, 1.807) is 0 Å². The van der Waals surface area contributed by atoms with Crippen LogP contribution in [0.1, 0.15) is 20.8 Å². The Kier molecular flexibility index (Phi) is 4.99. The molecule has 0 bridgehead atoms. The number of ether oxygens (including phenoxy) is 2. The molecule has 0 aliphatic carbocycles. The monoisotopic (exact) mass is 216 g/mol. The Morgan fingerprint density at radius 1 is 1.53 bits per heavy atom. The molecular weight excluding hydrogens is 192 g/mol. The fraction of sp³-hybridized carbons (Fsp3) is 1.00. The molecule has 0 aromatic carbocycles. The number of hydrogen-bond donors (Lipinski definition) is 1. The minimum absolute atomic E-state index is 0.199. The quantitative estimate of drug-likeness (QED) is 0.725. The predicted octanol–water partition coefficient (Wildman–Crippen LogP) is 0.461. The van der Waals surface area contributed by atoms with Gasteiger partial charge in [0.1, 0.15) is 0 Å². The molecule has 15 heavy (non-hydrogen) atoms. The Morgan fingerprint density at radius 2 is 2.27 bits per heavy atom. The molecule has 90 valence electrons. The maximum absolute atomic E-state index is 5.73. The van der Waals surface area contributed by atoms with E-state index in [9.17, 15) is 0 Å². The number of nitrogens with two attached hydrogens (primary N) is 1. The van der Waals surface area contributed by atoms with Crippen molar-refractivity contribution in [1.82, 2.24) is 4.90 Å². The number of rotatable bonds is 5. The molecule has 0 saturated carbocycles. The van der Waals surface area contributed by atoms with Crippen LogP contribution in [0, 0.1) is 0 Å². The summed E-state index contributed by atoms with van der Waals surface area (Å²) in [5, 5.41) is 0. The van der Waals surface area contributed by atoms with Gasteiger partial charge in [0.05, 0.1) is 24.9 Å². The molecule has 4 nitrogen and oxygen atoms in total. The maximum atomic E-state index is 5.73. The van der Waals surface area contributed by atoms with Gasteiger partial charge in [0.15, 0.2) is 0 Å². The zero-order chi connectivity index (χ0) is 11.3. The first kappa shape index (κ1) is 12.9. The molecule has 0 aromatic heterocycles. The SMILES string of the molecule is CCN1CCOC(COC(C)(C)CN)C1. The maximum Gasteiger partial charge on any atom is 0.0935 e. The van der Waals surface area contributed by atoms with Crippen molar-refractivity contribution in [3.63, 3.8) is 0 Å². The summed E-state index contributed by atoms with van der Waals surface area (Å²) >= 11 is 0. The van der Waals surface area contributed by atoms with Gasteiger partial charge in [-0.3, -0.25) is 4.90 Å². The number of likely N-dealkylation sites (N-methyl/N-ethyl adjacent to an activating group) is 1. The lowest BCUT2D eigenvalue weighted by Gasteiger charge is -2.34. The highest BCUT2D eigenvalue weighted by Gasteiger charge is 2.23. The van der Waals surface area contributed by atoms with Crippen LogP contribution in [0.5, 0.6) is 0 Å². The fourth-order valence-corrected chi connectivity index (χ4v) is 1.55. The van der Waals surface area contributed by atoms with Crippen molar-refractivity contribution < 1.29 is 9.47 Å². The van der Waals surface area contributed by atoms with Gasteiger partial charge in [-0.15, -0.1) is 0 Å². The van der Waals surface area contributed by atoms with E-state index < -0.39 is 0 Å². The largest absolute Gasteiger partial charge is 0.373 e. The summed E-state index contributed by atoms with van der Waals surface area (Å²) in [6, 6.07) is 0. The van der Waals surface area contributed by atoms with Gasteiger partial charge in [-0.25, -0.2) is 0 Å². The summed E-state index contributed by atoms with van der Waals surface area (Å²) in [5.41, 5.74) is 5.36. The van der Waals surface area contributed by atoms with Gasteiger partial charge >= 0.3 is 0 Å². The molecule has 2 N–H and O–H groups in total. The highest BCUT2D eigenvalue weighted by atomic mass is 16.5. The van der Waals surface area contributed by atoms with Crippen molar-refractivity contribution in [2.24, 2.45) is 5.73 Å².